The number of benzene rings is 1. The first-order chi connectivity index (χ1) is 13.7. The summed E-state index contributed by atoms with van der Waals surface area (Å²) in [5, 5.41) is 3.89. The predicted octanol–water partition coefficient (Wildman–Crippen LogP) is 5.20. The maximum absolute atomic E-state index is 14.3. The third-order valence-electron chi connectivity index (χ3n) is 4.69. The van der Waals surface area contributed by atoms with Crippen molar-refractivity contribution in [3.05, 3.63) is 65.9 Å². The van der Waals surface area contributed by atoms with Crippen molar-refractivity contribution in [1.82, 2.24) is 14.9 Å². The fraction of sp³-hybridized carbons (Fsp3) is 0.304. The van der Waals surface area contributed by atoms with Gasteiger partial charge in [-0.1, -0.05) is 0 Å². The number of rotatable bonds is 5. The van der Waals surface area contributed by atoms with Gasteiger partial charge in [-0.25, -0.2) is 4.39 Å². The van der Waals surface area contributed by atoms with Crippen LogP contribution in [0.2, 0.25) is 0 Å². The van der Waals surface area contributed by atoms with E-state index in [-0.39, 0.29) is 55.2 Å². The number of nitrogens with one attached hydrogen (secondary N) is 1. The summed E-state index contributed by atoms with van der Waals surface area (Å²) in [6, 6.07) is 9.36. The molecule has 0 fully saturated rings. The standard InChI is InChI=1S/C23H27FN4O.2ClH/c1-15-21(16-8-11-26-12-9-16)19-13-17(22(29)27-23(2,3)4)5-6-20(19)28(15)14-18(24)7-10-25;;/h5-9,11-13H,10,14,25H2,1-4H3,(H,27,29);2*1H/b18-7-;;. The number of amides is 1. The molecule has 2 heterocycles. The highest BCUT2D eigenvalue weighted by molar-refractivity contribution is 6.04. The molecule has 0 bridgehead atoms. The van der Waals surface area contributed by atoms with Gasteiger partial charge in [-0.15, -0.1) is 24.8 Å². The van der Waals surface area contributed by atoms with Gasteiger partial charge in [-0.3, -0.25) is 9.78 Å². The molecule has 0 aliphatic carbocycles. The van der Waals surface area contributed by atoms with Crippen molar-refractivity contribution < 1.29 is 9.18 Å². The molecule has 0 radical (unpaired) electrons. The van der Waals surface area contributed by atoms with E-state index in [9.17, 15) is 9.18 Å². The lowest BCUT2D eigenvalue weighted by Crippen LogP contribution is -2.40. The molecule has 1 amide bonds. The van der Waals surface area contributed by atoms with Crippen LogP contribution in [-0.4, -0.2) is 27.5 Å². The van der Waals surface area contributed by atoms with Crippen LogP contribution in [0.3, 0.4) is 0 Å². The summed E-state index contributed by atoms with van der Waals surface area (Å²) in [5.74, 6) is -0.428. The van der Waals surface area contributed by atoms with E-state index in [1.165, 1.54) is 6.08 Å². The van der Waals surface area contributed by atoms with E-state index < -0.39 is 0 Å². The number of pyridine rings is 1. The number of hydrogen-bond donors (Lipinski definition) is 2. The summed E-state index contributed by atoms with van der Waals surface area (Å²) in [6.45, 7) is 8.04. The van der Waals surface area contributed by atoms with Crippen molar-refractivity contribution in [2.45, 2.75) is 39.8 Å². The lowest BCUT2D eigenvalue weighted by atomic mass is 10.0. The number of aromatic nitrogens is 2. The quantitative estimate of drug-likeness (QED) is 0.542. The summed E-state index contributed by atoms with van der Waals surface area (Å²) in [4.78, 5) is 16.8. The van der Waals surface area contributed by atoms with Crippen molar-refractivity contribution in [3.63, 3.8) is 0 Å². The first kappa shape index (κ1) is 26.6. The number of allylic oxidation sites excluding steroid dienone is 1. The van der Waals surface area contributed by atoms with Gasteiger partial charge in [0.05, 0.1) is 6.54 Å². The molecule has 3 rings (SSSR count). The molecule has 0 spiro atoms. The maximum atomic E-state index is 14.3. The van der Waals surface area contributed by atoms with Crippen LogP contribution in [0.4, 0.5) is 4.39 Å². The first-order valence-corrected chi connectivity index (χ1v) is 9.61. The van der Waals surface area contributed by atoms with Gasteiger partial charge in [0, 0.05) is 52.2 Å². The van der Waals surface area contributed by atoms with E-state index >= 15 is 0 Å². The molecule has 0 unspecified atom stereocenters. The Hall–Kier alpha value is -2.41. The van der Waals surface area contributed by atoms with Crippen molar-refractivity contribution in [2.75, 3.05) is 6.54 Å². The van der Waals surface area contributed by atoms with Crippen molar-refractivity contribution >= 4 is 41.6 Å². The van der Waals surface area contributed by atoms with Gasteiger partial charge in [-0.05, 0) is 69.7 Å². The predicted molar refractivity (Wildman–Crippen MR) is 130 cm³/mol. The lowest BCUT2D eigenvalue weighted by Gasteiger charge is -2.20. The van der Waals surface area contributed by atoms with Gasteiger partial charge < -0.3 is 15.6 Å². The van der Waals surface area contributed by atoms with Crippen LogP contribution in [-0.2, 0) is 6.54 Å². The maximum Gasteiger partial charge on any atom is 0.251 e. The van der Waals surface area contributed by atoms with E-state index in [4.69, 9.17) is 5.73 Å². The summed E-state index contributed by atoms with van der Waals surface area (Å²) >= 11 is 0. The molecule has 1 aromatic carbocycles. The number of carbonyl (C=O) groups excluding carboxylic acids is 1. The zero-order valence-electron chi connectivity index (χ0n) is 18.1. The second-order valence-corrected chi connectivity index (χ2v) is 8.11. The highest BCUT2D eigenvalue weighted by Gasteiger charge is 2.20. The Morgan fingerprint density at radius 3 is 2.42 bits per heavy atom. The largest absolute Gasteiger partial charge is 0.347 e. The van der Waals surface area contributed by atoms with E-state index in [0.717, 1.165) is 27.7 Å². The Balaban J connectivity index is 0.00000240. The second kappa shape index (κ2) is 10.8. The third kappa shape index (κ3) is 6.06. The molecule has 0 atom stereocenters. The molecular weight excluding hydrogens is 438 g/mol. The minimum atomic E-state index is -0.335. The highest BCUT2D eigenvalue weighted by atomic mass is 35.5. The normalized spacial score (nSPS) is 11.6. The van der Waals surface area contributed by atoms with Crippen LogP contribution in [0.15, 0.2) is 54.6 Å². The monoisotopic (exact) mass is 466 g/mol. The third-order valence-corrected chi connectivity index (χ3v) is 4.69. The minimum absolute atomic E-state index is 0. The van der Waals surface area contributed by atoms with Crippen LogP contribution < -0.4 is 11.1 Å². The Bertz CT molecular complexity index is 1070. The lowest BCUT2D eigenvalue weighted by molar-refractivity contribution is 0.0919. The van der Waals surface area contributed by atoms with Crippen molar-refractivity contribution in [1.29, 1.82) is 0 Å². The van der Waals surface area contributed by atoms with Gasteiger partial charge in [0.2, 0.25) is 0 Å². The van der Waals surface area contributed by atoms with Gasteiger partial charge >= 0.3 is 0 Å². The average molecular weight is 467 g/mol. The molecule has 2 aromatic heterocycles. The van der Waals surface area contributed by atoms with E-state index in [2.05, 4.69) is 10.3 Å². The molecule has 0 saturated carbocycles. The molecule has 0 aliphatic rings. The van der Waals surface area contributed by atoms with Crippen molar-refractivity contribution in [2.24, 2.45) is 5.73 Å². The summed E-state index contributed by atoms with van der Waals surface area (Å²) < 4.78 is 16.2. The van der Waals surface area contributed by atoms with Gasteiger partial charge in [0.1, 0.15) is 5.83 Å². The topological polar surface area (TPSA) is 72.9 Å². The second-order valence-electron chi connectivity index (χ2n) is 8.11. The number of nitrogens with two attached hydrogens (primary N) is 1. The molecule has 0 saturated heterocycles. The van der Waals surface area contributed by atoms with Crippen LogP contribution in [0.1, 0.15) is 36.8 Å². The Morgan fingerprint density at radius 2 is 1.84 bits per heavy atom. The number of fused-ring (bicyclic) bond motifs is 1. The van der Waals surface area contributed by atoms with Gasteiger partial charge in [0.15, 0.2) is 0 Å². The molecule has 8 heteroatoms. The molecular formula is C23H29Cl2FN4O. The zero-order valence-corrected chi connectivity index (χ0v) is 19.7. The SMILES string of the molecule is Cc1c(-c2ccncc2)c2cc(C(=O)NC(C)(C)C)ccc2n1C/C(F)=C/CN.Cl.Cl. The van der Waals surface area contributed by atoms with E-state index in [1.54, 1.807) is 18.5 Å². The van der Waals surface area contributed by atoms with Gasteiger partial charge in [0.25, 0.3) is 5.91 Å². The fourth-order valence-corrected chi connectivity index (χ4v) is 3.47. The number of carbonyl (C=O) groups is 1. The summed E-state index contributed by atoms with van der Waals surface area (Å²) in [6.07, 6.45) is 4.83. The summed E-state index contributed by atoms with van der Waals surface area (Å²) in [5.41, 5.74) is 9.40. The number of halogens is 3. The average Bonchev–Trinajstić information content (AvgIpc) is 2.92. The number of hydrogen-bond acceptors (Lipinski definition) is 3. The van der Waals surface area contributed by atoms with Crippen LogP contribution >= 0.6 is 24.8 Å². The number of nitrogens with zero attached hydrogens (tertiary/aromatic N) is 2. The Kier molecular flexibility index (Phi) is 9.24. The Morgan fingerprint density at radius 1 is 1.19 bits per heavy atom. The molecule has 168 valence electrons. The highest BCUT2D eigenvalue weighted by Crippen LogP contribution is 2.35. The van der Waals surface area contributed by atoms with Crippen LogP contribution in [0.25, 0.3) is 22.0 Å². The Labute approximate surface area is 194 Å². The molecule has 3 N–H and O–H groups in total. The minimum Gasteiger partial charge on any atom is -0.347 e. The first-order valence-electron chi connectivity index (χ1n) is 9.61. The molecule has 31 heavy (non-hydrogen) atoms. The van der Waals surface area contributed by atoms with E-state index in [0.29, 0.717) is 5.56 Å². The van der Waals surface area contributed by atoms with E-state index in [1.807, 2.05) is 56.5 Å². The van der Waals surface area contributed by atoms with Gasteiger partial charge in [-0.2, -0.15) is 0 Å². The molecule has 0 aliphatic heterocycles. The fourth-order valence-electron chi connectivity index (χ4n) is 3.47. The van der Waals surface area contributed by atoms with Crippen LogP contribution in [0, 0.1) is 6.92 Å². The smallest absolute Gasteiger partial charge is 0.251 e. The zero-order chi connectivity index (χ0) is 21.2. The molecule has 5 nitrogen and oxygen atoms in total. The summed E-state index contributed by atoms with van der Waals surface area (Å²) in [7, 11) is 0. The van der Waals surface area contributed by atoms with Crippen molar-refractivity contribution in [3.8, 4) is 11.1 Å². The molecule has 3 aromatic rings. The van der Waals surface area contributed by atoms with Crippen LogP contribution in [0.5, 0.6) is 0 Å².